The van der Waals surface area contributed by atoms with Crippen molar-refractivity contribution >= 4 is 17.7 Å². The van der Waals surface area contributed by atoms with Crippen LogP contribution in [-0.2, 0) is 11.8 Å². The number of aromatic nitrogens is 1. The third-order valence-corrected chi connectivity index (χ3v) is 3.18. The van der Waals surface area contributed by atoms with Crippen molar-refractivity contribution in [3.05, 3.63) is 27.9 Å². The molecule has 21 heavy (non-hydrogen) atoms. The quantitative estimate of drug-likeness (QED) is 0.608. The highest BCUT2D eigenvalue weighted by molar-refractivity contribution is 5.93. The first-order valence-electron chi connectivity index (χ1n) is 6.58. The van der Waals surface area contributed by atoms with E-state index in [0.29, 0.717) is 13.0 Å². The molecule has 0 fully saturated rings. The van der Waals surface area contributed by atoms with Gasteiger partial charge in [-0.1, -0.05) is 0 Å². The molecule has 0 atom stereocenters. The van der Waals surface area contributed by atoms with Gasteiger partial charge in [0.15, 0.2) is 5.69 Å². The third-order valence-electron chi connectivity index (χ3n) is 3.18. The Balaban J connectivity index is 2.91. The first-order valence-corrected chi connectivity index (χ1v) is 6.58. The first kappa shape index (κ1) is 16.7. The standard InChI is InChI=1S/C13H19N3O5/c1-9(2)15(8-4-5-12(17)18)13(19)10-6-7-11(14(10)3)16(20)21/h6-7,9H,4-5,8H2,1-3H3,(H,17,18). The van der Waals surface area contributed by atoms with Gasteiger partial charge in [0.25, 0.3) is 5.91 Å². The van der Waals surface area contributed by atoms with Crippen molar-refractivity contribution in [2.45, 2.75) is 32.7 Å². The van der Waals surface area contributed by atoms with Crippen molar-refractivity contribution in [1.29, 1.82) is 0 Å². The molecule has 0 aliphatic heterocycles. The largest absolute Gasteiger partial charge is 0.481 e. The Bertz CT molecular complexity index is 550. The second-order valence-electron chi connectivity index (χ2n) is 4.98. The van der Waals surface area contributed by atoms with E-state index in [2.05, 4.69) is 0 Å². The summed E-state index contributed by atoms with van der Waals surface area (Å²) in [5, 5.41) is 19.4. The number of carboxylic acids is 1. The SMILES string of the molecule is CC(C)N(CCCC(=O)O)C(=O)c1ccc([N+](=O)[O-])n1C. The minimum absolute atomic E-state index is 0.0240. The number of nitro groups is 1. The lowest BCUT2D eigenvalue weighted by Crippen LogP contribution is -2.38. The molecule has 0 saturated heterocycles. The van der Waals surface area contributed by atoms with Crippen LogP contribution in [0.5, 0.6) is 0 Å². The van der Waals surface area contributed by atoms with E-state index in [1.54, 1.807) is 0 Å². The lowest BCUT2D eigenvalue weighted by atomic mass is 10.2. The number of nitrogens with zero attached hydrogens (tertiary/aromatic N) is 3. The molecule has 1 rings (SSSR count). The number of hydrogen-bond donors (Lipinski definition) is 1. The molecule has 0 spiro atoms. The molecule has 116 valence electrons. The van der Waals surface area contributed by atoms with Crippen molar-refractivity contribution < 1.29 is 19.6 Å². The summed E-state index contributed by atoms with van der Waals surface area (Å²) in [5.41, 5.74) is 0.214. The maximum Gasteiger partial charge on any atom is 0.323 e. The molecular formula is C13H19N3O5. The molecule has 0 unspecified atom stereocenters. The van der Waals surface area contributed by atoms with Crippen molar-refractivity contribution in [1.82, 2.24) is 9.47 Å². The molecule has 0 aliphatic rings. The van der Waals surface area contributed by atoms with Crippen LogP contribution in [0.4, 0.5) is 5.82 Å². The fourth-order valence-corrected chi connectivity index (χ4v) is 2.04. The van der Waals surface area contributed by atoms with Crippen molar-refractivity contribution in [2.24, 2.45) is 7.05 Å². The summed E-state index contributed by atoms with van der Waals surface area (Å²) in [6.45, 7) is 3.92. The Morgan fingerprint density at radius 2 is 2.05 bits per heavy atom. The van der Waals surface area contributed by atoms with Gasteiger partial charge in [-0.15, -0.1) is 0 Å². The zero-order valence-electron chi connectivity index (χ0n) is 12.3. The zero-order valence-corrected chi connectivity index (χ0v) is 12.3. The van der Waals surface area contributed by atoms with Gasteiger partial charge in [-0.05, 0) is 31.3 Å². The van der Waals surface area contributed by atoms with Crippen LogP contribution in [0.15, 0.2) is 12.1 Å². The summed E-state index contributed by atoms with van der Waals surface area (Å²) in [6.07, 6.45) is 0.315. The molecule has 0 saturated carbocycles. The van der Waals surface area contributed by atoms with E-state index in [9.17, 15) is 19.7 Å². The van der Waals surface area contributed by atoms with Gasteiger partial charge in [0.05, 0.1) is 7.05 Å². The molecule has 8 heteroatoms. The van der Waals surface area contributed by atoms with Crippen molar-refractivity contribution in [3.63, 3.8) is 0 Å². The Kier molecular flexibility index (Phi) is 5.45. The summed E-state index contributed by atoms with van der Waals surface area (Å²) in [6, 6.07) is 2.57. The summed E-state index contributed by atoms with van der Waals surface area (Å²) < 4.78 is 1.23. The van der Waals surface area contributed by atoms with Gasteiger partial charge >= 0.3 is 11.8 Å². The summed E-state index contributed by atoms with van der Waals surface area (Å²) in [5.74, 6) is -1.42. The predicted octanol–water partition coefficient (Wildman–Crippen LogP) is 1.65. The molecule has 0 aromatic carbocycles. The second kappa shape index (κ2) is 6.87. The summed E-state index contributed by atoms with van der Waals surface area (Å²) >= 11 is 0. The van der Waals surface area contributed by atoms with E-state index in [-0.39, 0.29) is 29.9 Å². The lowest BCUT2D eigenvalue weighted by molar-refractivity contribution is -0.391. The van der Waals surface area contributed by atoms with Crippen molar-refractivity contribution in [2.75, 3.05) is 6.54 Å². The van der Waals surface area contributed by atoms with Gasteiger partial charge in [-0.25, -0.2) is 4.57 Å². The number of aliphatic carboxylic acids is 1. The Morgan fingerprint density at radius 1 is 1.43 bits per heavy atom. The molecule has 1 aromatic heterocycles. The third kappa shape index (κ3) is 4.04. The Labute approximate surface area is 122 Å². The summed E-state index contributed by atoms with van der Waals surface area (Å²) in [4.78, 5) is 34.8. The number of carbonyl (C=O) groups is 2. The van der Waals surface area contributed by atoms with E-state index in [0.717, 1.165) is 0 Å². The van der Waals surface area contributed by atoms with Gasteiger partial charge < -0.3 is 20.1 Å². The topological polar surface area (TPSA) is 106 Å². The molecular weight excluding hydrogens is 278 g/mol. The summed E-state index contributed by atoms with van der Waals surface area (Å²) in [7, 11) is 1.46. The van der Waals surface area contributed by atoms with Gasteiger partial charge in [0.2, 0.25) is 0 Å². The van der Waals surface area contributed by atoms with E-state index in [1.165, 1.54) is 28.6 Å². The minimum Gasteiger partial charge on any atom is -0.481 e. The van der Waals surface area contributed by atoms with E-state index in [1.807, 2.05) is 13.8 Å². The van der Waals surface area contributed by atoms with Crippen LogP contribution in [0.3, 0.4) is 0 Å². The van der Waals surface area contributed by atoms with Gasteiger partial charge in [-0.3, -0.25) is 9.59 Å². The van der Waals surface area contributed by atoms with Crippen LogP contribution in [-0.4, -0.2) is 44.0 Å². The molecule has 1 aromatic rings. The van der Waals surface area contributed by atoms with E-state index < -0.39 is 10.9 Å². The Morgan fingerprint density at radius 3 is 2.48 bits per heavy atom. The average molecular weight is 297 g/mol. The highest BCUT2D eigenvalue weighted by Gasteiger charge is 2.26. The average Bonchev–Trinajstić information content (AvgIpc) is 2.75. The molecule has 0 bridgehead atoms. The van der Waals surface area contributed by atoms with Gasteiger partial charge in [-0.2, -0.15) is 0 Å². The number of amides is 1. The second-order valence-corrected chi connectivity index (χ2v) is 4.98. The zero-order chi connectivity index (χ0) is 16.2. The minimum atomic E-state index is -0.916. The van der Waals surface area contributed by atoms with Crippen LogP contribution < -0.4 is 0 Å². The predicted molar refractivity (Wildman–Crippen MR) is 75.1 cm³/mol. The van der Waals surface area contributed by atoms with Crippen molar-refractivity contribution in [3.8, 4) is 0 Å². The first-order chi connectivity index (χ1) is 9.75. The lowest BCUT2D eigenvalue weighted by Gasteiger charge is -2.25. The molecule has 0 aliphatic carbocycles. The molecule has 1 heterocycles. The number of rotatable bonds is 7. The van der Waals surface area contributed by atoms with Crippen LogP contribution >= 0.6 is 0 Å². The molecule has 1 N–H and O–H groups in total. The molecule has 0 radical (unpaired) electrons. The fraction of sp³-hybridized carbons (Fsp3) is 0.538. The van der Waals surface area contributed by atoms with E-state index >= 15 is 0 Å². The number of carboxylic acid groups (broad SMARTS) is 1. The monoisotopic (exact) mass is 297 g/mol. The van der Waals surface area contributed by atoms with Crippen LogP contribution in [0, 0.1) is 10.1 Å². The van der Waals surface area contributed by atoms with Crippen LogP contribution in [0.2, 0.25) is 0 Å². The molecule has 1 amide bonds. The normalized spacial score (nSPS) is 10.7. The van der Waals surface area contributed by atoms with Gasteiger partial charge in [0.1, 0.15) is 0 Å². The maximum atomic E-state index is 12.5. The van der Waals surface area contributed by atoms with E-state index in [4.69, 9.17) is 5.11 Å². The highest BCUT2D eigenvalue weighted by Crippen LogP contribution is 2.18. The Hall–Kier alpha value is -2.38. The highest BCUT2D eigenvalue weighted by atomic mass is 16.6. The fourth-order valence-electron chi connectivity index (χ4n) is 2.04. The van der Waals surface area contributed by atoms with Gasteiger partial charge in [0, 0.05) is 25.1 Å². The number of hydrogen-bond acceptors (Lipinski definition) is 4. The smallest absolute Gasteiger partial charge is 0.323 e. The maximum absolute atomic E-state index is 12.5. The van der Waals surface area contributed by atoms with Crippen LogP contribution in [0.1, 0.15) is 37.2 Å². The number of carbonyl (C=O) groups excluding carboxylic acids is 1. The molecule has 8 nitrogen and oxygen atoms in total. The van der Waals surface area contributed by atoms with Crippen LogP contribution in [0.25, 0.3) is 0 Å².